The largest absolute Gasteiger partial charge is 0.329 e. The highest BCUT2D eigenvalue weighted by Crippen LogP contribution is 2.32. The molecule has 8 heteroatoms. The number of carbonyl (C=O) groups excluding carboxylic acids is 3. The number of carbonyl (C=O) groups is 3. The average Bonchev–Trinajstić information content (AvgIpc) is 3.20. The van der Waals surface area contributed by atoms with E-state index in [4.69, 9.17) is 0 Å². The summed E-state index contributed by atoms with van der Waals surface area (Å²) in [7, 11) is 0. The van der Waals surface area contributed by atoms with Gasteiger partial charge in [0, 0.05) is 0 Å². The van der Waals surface area contributed by atoms with Crippen molar-refractivity contribution in [1.29, 1.82) is 0 Å². The van der Waals surface area contributed by atoms with Gasteiger partial charge in [-0.15, -0.1) is 11.3 Å². The third-order valence-electron chi connectivity index (χ3n) is 6.07. The number of amides is 4. The minimum atomic E-state index is -0.663. The smallest absolute Gasteiger partial charge is 0.327 e. The normalized spacial score (nSPS) is 23.6. The summed E-state index contributed by atoms with van der Waals surface area (Å²) in [6.07, 6.45) is 5.78. The first kappa shape index (κ1) is 18.4. The Labute approximate surface area is 163 Å². The molecule has 7 nitrogen and oxygen atoms in total. The van der Waals surface area contributed by atoms with Gasteiger partial charge < -0.3 is 15.1 Å². The van der Waals surface area contributed by atoms with E-state index >= 15 is 0 Å². The molecule has 1 aromatic heterocycles. The van der Waals surface area contributed by atoms with Crippen LogP contribution in [0, 0.1) is 0 Å². The fraction of sp³-hybridized carbons (Fsp3) is 0.632. The summed E-state index contributed by atoms with van der Waals surface area (Å²) < 4.78 is 0. The van der Waals surface area contributed by atoms with E-state index < -0.39 is 5.54 Å². The molecule has 4 amide bonds. The van der Waals surface area contributed by atoms with Crippen LogP contribution in [0.25, 0.3) is 0 Å². The minimum Gasteiger partial charge on any atom is -0.327 e. The Hall–Kier alpha value is -1.93. The van der Waals surface area contributed by atoms with E-state index in [0.717, 1.165) is 56.5 Å². The number of hydrogen-bond donors (Lipinski definition) is 2. The maximum Gasteiger partial charge on any atom is 0.329 e. The highest BCUT2D eigenvalue weighted by atomic mass is 32.1. The van der Waals surface area contributed by atoms with Crippen molar-refractivity contribution in [2.45, 2.75) is 44.1 Å². The SMILES string of the molecule is O=C(c1cccs1)N1CC[NH+](CN2C(=O)NC3(CCCCCC3)C2=O)CC1. The lowest BCUT2D eigenvalue weighted by Crippen LogP contribution is -3.16. The van der Waals surface area contributed by atoms with Crippen LogP contribution >= 0.6 is 11.3 Å². The summed E-state index contributed by atoms with van der Waals surface area (Å²) >= 11 is 1.46. The van der Waals surface area contributed by atoms with Crippen LogP contribution in [0.15, 0.2) is 17.5 Å². The Morgan fingerprint density at radius 3 is 2.48 bits per heavy atom. The van der Waals surface area contributed by atoms with E-state index in [0.29, 0.717) is 19.8 Å². The van der Waals surface area contributed by atoms with Gasteiger partial charge in [-0.2, -0.15) is 0 Å². The van der Waals surface area contributed by atoms with E-state index in [9.17, 15) is 14.4 Å². The van der Waals surface area contributed by atoms with Crippen LogP contribution in [0.1, 0.15) is 48.2 Å². The zero-order chi connectivity index (χ0) is 18.9. The zero-order valence-electron chi connectivity index (χ0n) is 15.5. The molecule has 3 fully saturated rings. The third-order valence-corrected chi connectivity index (χ3v) is 6.93. The molecule has 2 N–H and O–H groups in total. The van der Waals surface area contributed by atoms with Crippen LogP contribution in [0.2, 0.25) is 0 Å². The second-order valence-corrected chi connectivity index (χ2v) is 8.78. The van der Waals surface area contributed by atoms with Crippen molar-refractivity contribution < 1.29 is 19.3 Å². The molecule has 2 aliphatic heterocycles. The van der Waals surface area contributed by atoms with E-state index in [1.807, 2.05) is 22.4 Å². The second kappa shape index (κ2) is 7.59. The van der Waals surface area contributed by atoms with Crippen molar-refractivity contribution in [1.82, 2.24) is 15.1 Å². The Morgan fingerprint density at radius 1 is 1.15 bits per heavy atom. The topological polar surface area (TPSA) is 74.2 Å². The van der Waals surface area contributed by atoms with Gasteiger partial charge in [0.15, 0.2) is 6.67 Å². The van der Waals surface area contributed by atoms with Crippen molar-refractivity contribution in [3.63, 3.8) is 0 Å². The number of nitrogens with zero attached hydrogens (tertiary/aromatic N) is 2. The number of urea groups is 1. The molecule has 3 aliphatic rings. The number of quaternary nitrogens is 1. The fourth-order valence-electron chi connectivity index (χ4n) is 4.45. The van der Waals surface area contributed by atoms with Crippen molar-refractivity contribution >= 4 is 29.2 Å². The van der Waals surface area contributed by atoms with Crippen LogP contribution in [-0.4, -0.2) is 66.0 Å². The Bertz CT molecular complexity index is 705. The van der Waals surface area contributed by atoms with Crippen molar-refractivity contribution in [2.24, 2.45) is 0 Å². The molecule has 146 valence electrons. The van der Waals surface area contributed by atoms with Gasteiger partial charge in [0.1, 0.15) is 5.54 Å². The zero-order valence-corrected chi connectivity index (χ0v) is 16.4. The maximum absolute atomic E-state index is 13.0. The molecular formula is C19H27N4O3S+. The van der Waals surface area contributed by atoms with E-state index in [1.54, 1.807) is 0 Å². The molecule has 1 spiro atoms. The number of imide groups is 1. The highest BCUT2D eigenvalue weighted by molar-refractivity contribution is 7.12. The molecule has 27 heavy (non-hydrogen) atoms. The lowest BCUT2D eigenvalue weighted by atomic mass is 9.90. The highest BCUT2D eigenvalue weighted by Gasteiger charge is 2.51. The van der Waals surface area contributed by atoms with Gasteiger partial charge in [-0.05, 0) is 24.3 Å². The van der Waals surface area contributed by atoms with Gasteiger partial charge in [-0.25, -0.2) is 9.69 Å². The number of rotatable bonds is 3. The first-order valence-electron chi connectivity index (χ1n) is 9.89. The second-order valence-electron chi connectivity index (χ2n) is 7.84. The summed E-state index contributed by atoms with van der Waals surface area (Å²) in [6.45, 7) is 3.21. The molecule has 0 bridgehead atoms. The van der Waals surface area contributed by atoms with Gasteiger partial charge >= 0.3 is 6.03 Å². The molecule has 0 radical (unpaired) electrons. The Balaban J connectivity index is 1.34. The Kier molecular flexibility index (Phi) is 5.19. The van der Waals surface area contributed by atoms with Gasteiger partial charge in [-0.1, -0.05) is 31.7 Å². The van der Waals surface area contributed by atoms with Gasteiger partial charge in [-0.3, -0.25) is 9.59 Å². The fourth-order valence-corrected chi connectivity index (χ4v) is 5.15. The van der Waals surface area contributed by atoms with Crippen molar-refractivity contribution in [2.75, 3.05) is 32.8 Å². The summed E-state index contributed by atoms with van der Waals surface area (Å²) in [4.78, 5) is 43.2. The predicted octanol–water partition coefficient (Wildman–Crippen LogP) is 0.691. The summed E-state index contributed by atoms with van der Waals surface area (Å²) in [6, 6.07) is 3.50. The van der Waals surface area contributed by atoms with Gasteiger partial charge in [0.2, 0.25) is 0 Å². The van der Waals surface area contributed by atoms with Crippen molar-refractivity contribution in [3.05, 3.63) is 22.4 Å². The molecule has 1 aliphatic carbocycles. The van der Waals surface area contributed by atoms with Gasteiger partial charge in [0.05, 0.1) is 31.1 Å². The average molecular weight is 392 g/mol. The lowest BCUT2D eigenvalue weighted by molar-refractivity contribution is -0.911. The maximum atomic E-state index is 13.0. The molecule has 0 aromatic carbocycles. The van der Waals surface area contributed by atoms with Crippen LogP contribution in [-0.2, 0) is 4.79 Å². The molecule has 2 saturated heterocycles. The van der Waals surface area contributed by atoms with Crippen LogP contribution in [0.5, 0.6) is 0 Å². The molecule has 3 heterocycles. The predicted molar refractivity (Wildman–Crippen MR) is 102 cm³/mol. The number of nitrogens with one attached hydrogen (secondary N) is 2. The minimum absolute atomic E-state index is 0.0426. The molecule has 0 atom stereocenters. The molecule has 1 aromatic rings. The quantitative estimate of drug-likeness (QED) is 0.745. The first-order chi connectivity index (χ1) is 13.1. The summed E-state index contributed by atoms with van der Waals surface area (Å²) in [5, 5.41) is 4.92. The number of thiophene rings is 1. The number of piperazine rings is 1. The monoisotopic (exact) mass is 391 g/mol. The molecule has 0 unspecified atom stereocenters. The molecule has 4 rings (SSSR count). The molecular weight excluding hydrogens is 364 g/mol. The van der Waals surface area contributed by atoms with Crippen molar-refractivity contribution in [3.8, 4) is 0 Å². The van der Waals surface area contributed by atoms with E-state index in [1.165, 1.54) is 21.1 Å². The van der Waals surface area contributed by atoms with E-state index in [2.05, 4.69) is 5.32 Å². The Morgan fingerprint density at radius 2 is 1.85 bits per heavy atom. The summed E-state index contributed by atoms with van der Waals surface area (Å²) in [5.74, 6) is 0.0374. The van der Waals surface area contributed by atoms with Crippen LogP contribution < -0.4 is 10.2 Å². The van der Waals surface area contributed by atoms with Crippen LogP contribution in [0.3, 0.4) is 0 Å². The van der Waals surface area contributed by atoms with Gasteiger partial charge in [0.25, 0.3) is 11.8 Å². The van der Waals surface area contributed by atoms with Crippen LogP contribution in [0.4, 0.5) is 4.79 Å². The standard InChI is InChI=1S/C19H26N4O3S/c24-16(15-6-5-13-27-15)22-11-9-21(10-12-22)14-23-17(25)19(20-18(23)26)7-3-1-2-4-8-19/h5-6,13H,1-4,7-12,14H2,(H,20,26)/p+1. The third kappa shape index (κ3) is 3.60. The van der Waals surface area contributed by atoms with E-state index in [-0.39, 0.29) is 17.8 Å². The molecule has 1 saturated carbocycles. The summed E-state index contributed by atoms with van der Waals surface area (Å²) in [5.41, 5.74) is -0.663. The number of hydrogen-bond acceptors (Lipinski definition) is 4. The first-order valence-corrected chi connectivity index (χ1v) is 10.8. The lowest BCUT2D eigenvalue weighted by Gasteiger charge is -2.33.